The lowest BCUT2D eigenvalue weighted by Crippen LogP contribution is -2.70. The number of epoxide rings is 3. The first-order valence-electron chi connectivity index (χ1n) is 17.8. The fourth-order valence-electron chi connectivity index (χ4n) is 10.1. The molecule has 4 heterocycles. The van der Waals surface area contributed by atoms with Crippen molar-refractivity contribution in [2.45, 2.75) is 107 Å². The molecule has 2 aromatic rings. The van der Waals surface area contributed by atoms with Gasteiger partial charge in [0.2, 0.25) is 0 Å². The van der Waals surface area contributed by atoms with E-state index in [1.165, 1.54) is 0 Å². The normalized spacial score (nSPS) is 38.0. The Hall–Kier alpha value is -4.26. The fourth-order valence-corrected chi connectivity index (χ4v) is 10.1. The Morgan fingerprint density at radius 3 is 2.29 bits per heavy atom. The van der Waals surface area contributed by atoms with Gasteiger partial charge in [0.15, 0.2) is 11.7 Å². The van der Waals surface area contributed by atoms with E-state index in [1.807, 2.05) is 74.5 Å². The summed E-state index contributed by atoms with van der Waals surface area (Å²) in [6.45, 7) is 6.49. The summed E-state index contributed by atoms with van der Waals surface area (Å²) in [5.41, 5.74) is 0.215. The molecule has 1 unspecified atom stereocenters. The maximum atomic E-state index is 14.3. The maximum absolute atomic E-state index is 14.3. The molecule has 1 amide bonds. The topological polar surface area (TPSA) is 155 Å². The molecule has 3 aliphatic carbocycles. The number of alkyl carbamates (subject to hydrolysis) is 1. The van der Waals surface area contributed by atoms with E-state index >= 15 is 0 Å². The van der Waals surface area contributed by atoms with E-state index < -0.39 is 58.8 Å². The number of hydrogen-bond donors (Lipinski definition) is 1. The number of fused-ring (bicyclic) bond motifs is 4. The molecule has 12 heteroatoms. The van der Waals surface area contributed by atoms with Gasteiger partial charge < -0.3 is 38.5 Å². The van der Waals surface area contributed by atoms with Crippen LogP contribution in [-0.2, 0) is 60.8 Å². The van der Waals surface area contributed by atoms with Crippen LogP contribution in [0.25, 0.3) is 0 Å². The van der Waals surface area contributed by atoms with Crippen LogP contribution >= 0.6 is 0 Å². The highest BCUT2D eigenvalue weighted by Gasteiger charge is 3.01. The van der Waals surface area contributed by atoms with Crippen LogP contribution in [0, 0.1) is 17.3 Å². The average Bonchev–Trinajstić information content (AvgIpc) is 4.05. The van der Waals surface area contributed by atoms with E-state index in [1.54, 1.807) is 0 Å². The van der Waals surface area contributed by atoms with Gasteiger partial charge in [-0.3, -0.25) is 4.79 Å². The zero-order valence-electron chi connectivity index (χ0n) is 28.8. The molecule has 51 heavy (non-hydrogen) atoms. The molecule has 4 aliphatic heterocycles. The number of ether oxygens (including phenoxy) is 7. The maximum Gasteiger partial charge on any atom is 0.408 e. The van der Waals surface area contributed by atoms with Crippen molar-refractivity contribution in [3.63, 3.8) is 0 Å². The zero-order valence-corrected chi connectivity index (χ0v) is 28.8. The second-order valence-electron chi connectivity index (χ2n) is 15.4. The fraction of sp³-hybridized carbons (Fsp3) is 0.538. The first-order chi connectivity index (χ1) is 24.5. The molecular weight excluding hydrogens is 658 g/mol. The summed E-state index contributed by atoms with van der Waals surface area (Å²) in [5, 5.41) is 2.57. The van der Waals surface area contributed by atoms with Crippen LogP contribution < -0.4 is 5.32 Å². The molecule has 2 aromatic carbocycles. The third-order valence-corrected chi connectivity index (χ3v) is 12.7. The van der Waals surface area contributed by atoms with Crippen LogP contribution in [0.2, 0.25) is 0 Å². The smallest absolute Gasteiger partial charge is 0.408 e. The molecule has 0 aromatic heterocycles. The first-order valence-corrected chi connectivity index (χ1v) is 17.8. The van der Waals surface area contributed by atoms with E-state index in [-0.39, 0.29) is 55.9 Å². The van der Waals surface area contributed by atoms with Crippen molar-refractivity contribution in [3.8, 4) is 0 Å². The number of hydrogen-bond acceptors (Lipinski definition) is 11. The number of rotatable bonds is 10. The number of carbonyl (C=O) groups is 4. The number of carbonyl (C=O) groups excluding carboxylic acids is 4. The highest BCUT2D eigenvalue weighted by atomic mass is 16.8. The number of cyclic esters (lactones) is 1. The van der Waals surface area contributed by atoms with Gasteiger partial charge in [-0.25, -0.2) is 14.4 Å². The van der Waals surface area contributed by atoms with Crippen LogP contribution in [-0.4, -0.2) is 77.9 Å². The predicted molar refractivity (Wildman–Crippen MR) is 175 cm³/mol. The predicted octanol–water partition coefficient (Wildman–Crippen LogP) is 4.08. The second-order valence-corrected chi connectivity index (χ2v) is 15.4. The zero-order chi connectivity index (χ0) is 35.3. The minimum atomic E-state index is -1.42. The highest BCUT2D eigenvalue weighted by molar-refractivity contribution is 5.92. The van der Waals surface area contributed by atoms with E-state index in [0.717, 1.165) is 22.3 Å². The lowest BCUT2D eigenvalue weighted by molar-refractivity contribution is -0.173. The molecule has 268 valence electrons. The molecular formula is C39H41NO11. The van der Waals surface area contributed by atoms with Crippen LogP contribution in [0.15, 0.2) is 71.8 Å². The molecule has 2 saturated carbocycles. The van der Waals surface area contributed by atoms with Gasteiger partial charge in [-0.1, -0.05) is 81.4 Å². The summed E-state index contributed by atoms with van der Waals surface area (Å²) in [6.07, 6.45) is -1.28. The van der Waals surface area contributed by atoms with Crippen LogP contribution in [0.4, 0.5) is 4.79 Å². The highest BCUT2D eigenvalue weighted by Crippen LogP contribution is 2.83. The summed E-state index contributed by atoms with van der Waals surface area (Å²) >= 11 is 0. The number of benzene rings is 2. The minimum absolute atomic E-state index is 0.00289. The standard InChI is InChI=1S/C39H41NO11/c1-21(2)37-30(50-37)31-39(51-31)36(3)15-14-24-25(20-46-32(24)42)26(36)16-28-38(39,49-28)34(37)48-33(43)27(17-29(41)45-18-22-10-6-4-7-11-22)40-35(44)47-19-23-12-8-5-9-13-23/h4-13,21,26-28,30-31,34H,14-20H2,1-3H3,(H,40,44)/t26-,27?,28-,30-,31-,34+,36-,37-,38+,39+/m0/s1. The summed E-state index contributed by atoms with van der Waals surface area (Å²) in [7, 11) is 0. The van der Waals surface area contributed by atoms with Gasteiger partial charge >= 0.3 is 24.0 Å². The monoisotopic (exact) mass is 699 g/mol. The van der Waals surface area contributed by atoms with Crippen LogP contribution in [0.5, 0.6) is 0 Å². The molecule has 12 nitrogen and oxygen atoms in total. The largest absolute Gasteiger partial charge is 0.461 e. The van der Waals surface area contributed by atoms with E-state index in [4.69, 9.17) is 33.2 Å². The molecule has 1 N–H and O–H groups in total. The quantitative estimate of drug-likeness (QED) is 0.217. The van der Waals surface area contributed by atoms with E-state index in [2.05, 4.69) is 12.2 Å². The molecule has 7 aliphatic rings. The van der Waals surface area contributed by atoms with Crippen LogP contribution in [0.1, 0.15) is 57.6 Å². The van der Waals surface area contributed by atoms with Crippen molar-refractivity contribution in [1.29, 1.82) is 0 Å². The summed E-state index contributed by atoms with van der Waals surface area (Å²) < 4.78 is 42.9. The Labute approximate surface area is 295 Å². The molecule has 9 rings (SSSR count). The number of amides is 1. The van der Waals surface area contributed by atoms with Crippen molar-refractivity contribution in [1.82, 2.24) is 5.32 Å². The lowest BCUT2D eigenvalue weighted by Gasteiger charge is -2.53. The lowest BCUT2D eigenvalue weighted by atomic mass is 9.46. The minimum Gasteiger partial charge on any atom is -0.461 e. The Bertz CT molecular complexity index is 1770. The van der Waals surface area contributed by atoms with Gasteiger partial charge in [-0.2, -0.15) is 0 Å². The van der Waals surface area contributed by atoms with Gasteiger partial charge in [-0.15, -0.1) is 0 Å². The molecule has 3 saturated heterocycles. The van der Waals surface area contributed by atoms with Gasteiger partial charge in [0.25, 0.3) is 0 Å². The van der Waals surface area contributed by atoms with Crippen LogP contribution in [0.3, 0.4) is 0 Å². The Kier molecular flexibility index (Phi) is 7.27. The molecule has 0 bridgehead atoms. The Balaban J connectivity index is 0.992. The number of nitrogens with one attached hydrogen (secondary N) is 1. The Morgan fingerprint density at radius 2 is 1.61 bits per heavy atom. The summed E-state index contributed by atoms with van der Waals surface area (Å²) in [4.78, 5) is 53.2. The third kappa shape index (κ3) is 4.61. The van der Waals surface area contributed by atoms with Crippen molar-refractivity contribution in [3.05, 3.63) is 82.9 Å². The summed E-state index contributed by atoms with van der Waals surface area (Å²) in [6, 6.07) is 16.9. The van der Waals surface area contributed by atoms with Crippen molar-refractivity contribution in [2.75, 3.05) is 6.61 Å². The molecule has 2 spiro atoms. The van der Waals surface area contributed by atoms with E-state index in [0.29, 0.717) is 19.3 Å². The Morgan fingerprint density at radius 1 is 0.922 bits per heavy atom. The van der Waals surface area contributed by atoms with E-state index in [9.17, 15) is 19.2 Å². The third-order valence-electron chi connectivity index (χ3n) is 12.7. The molecule has 0 radical (unpaired) electrons. The molecule has 10 atom stereocenters. The van der Waals surface area contributed by atoms with Gasteiger partial charge in [0.05, 0.1) is 12.5 Å². The number of esters is 3. The van der Waals surface area contributed by atoms with Crippen molar-refractivity contribution in [2.24, 2.45) is 17.3 Å². The average molecular weight is 700 g/mol. The van der Waals surface area contributed by atoms with Gasteiger partial charge in [-0.05, 0) is 47.8 Å². The van der Waals surface area contributed by atoms with Gasteiger partial charge in [0.1, 0.15) is 49.3 Å². The molecule has 5 fully saturated rings. The summed E-state index contributed by atoms with van der Waals surface area (Å²) in [5.74, 6) is -1.83. The van der Waals surface area contributed by atoms with Crippen molar-refractivity contribution >= 4 is 24.0 Å². The SMILES string of the molecule is CC(C)[C@]12O[C@H]1[C@@H]1O[C@]13[C@]1(O[C@H]1C[C@H]1C4=C(CC[C@@]13C)C(=O)OC4)[C@@H]2OC(=O)C(CC(=O)OCc1ccccc1)NC(=O)OCc1ccccc1. The second kappa shape index (κ2) is 11.4. The van der Waals surface area contributed by atoms with Crippen molar-refractivity contribution < 1.29 is 52.3 Å². The van der Waals surface area contributed by atoms with Gasteiger partial charge in [0, 0.05) is 11.0 Å². The first kappa shape index (κ1) is 32.6.